The lowest BCUT2D eigenvalue weighted by Gasteiger charge is -2.27. The van der Waals surface area contributed by atoms with Crippen LogP contribution in [0.3, 0.4) is 0 Å². The summed E-state index contributed by atoms with van der Waals surface area (Å²) in [4.78, 5) is 49.9. The zero-order valence-corrected chi connectivity index (χ0v) is 21.3. The number of imide groups is 2. The number of nitro groups is 1. The molecule has 1 saturated heterocycles. The number of urea groups is 1. The summed E-state index contributed by atoms with van der Waals surface area (Å²) in [5.74, 6) is -0.786. The molecule has 0 bridgehead atoms. The molecule has 198 valence electrons. The molecule has 1 fully saturated rings. The monoisotopic (exact) mass is 527 g/mol. The van der Waals surface area contributed by atoms with E-state index in [0.29, 0.717) is 45.9 Å². The second kappa shape index (κ2) is 11.4. The van der Waals surface area contributed by atoms with E-state index in [1.54, 1.807) is 61.5 Å². The van der Waals surface area contributed by atoms with Crippen LogP contribution in [0.2, 0.25) is 0 Å². The maximum Gasteiger partial charge on any atom is 0.335 e. The fourth-order valence-corrected chi connectivity index (χ4v) is 4.12. The number of aryl methyl sites for hydroxylation is 1. The molecule has 39 heavy (non-hydrogen) atoms. The molecule has 4 amide bonds. The van der Waals surface area contributed by atoms with Crippen LogP contribution in [0.4, 0.5) is 16.2 Å². The number of carbonyl (C=O) groups excluding carboxylic acids is 3. The number of non-ortho nitro benzene ring substituents is 1. The maximum absolute atomic E-state index is 13.3. The molecular weight excluding hydrogens is 502 g/mol. The summed E-state index contributed by atoms with van der Waals surface area (Å²) in [7, 11) is 1.46. The van der Waals surface area contributed by atoms with Crippen molar-refractivity contribution in [2.45, 2.75) is 20.0 Å². The second-order valence-electron chi connectivity index (χ2n) is 8.66. The predicted molar refractivity (Wildman–Crippen MR) is 145 cm³/mol. The van der Waals surface area contributed by atoms with Gasteiger partial charge in [0.2, 0.25) is 0 Å². The summed E-state index contributed by atoms with van der Waals surface area (Å²) in [6.45, 7) is 5.67. The van der Waals surface area contributed by atoms with Crippen molar-refractivity contribution in [3.05, 3.63) is 111 Å². The van der Waals surface area contributed by atoms with Gasteiger partial charge in [0.15, 0.2) is 11.5 Å². The Morgan fingerprint density at radius 3 is 2.44 bits per heavy atom. The molecule has 1 heterocycles. The highest BCUT2D eigenvalue weighted by Gasteiger charge is 2.37. The lowest BCUT2D eigenvalue weighted by molar-refractivity contribution is -0.384. The average molecular weight is 528 g/mol. The van der Waals surface area contributed by atoms with E-state index in [-0.39, 0.29) is 17.9 Å². The van der Waals surface area contributed by atoms with Gasteiger partial charge in [0.25, 0.3) is 17.5 Å². The molecule has 3 aromatic rings. The number of allylic oxidation sites excluding steroid dienone is 1. The number of barbiturate groups is 1. The topological polar surface area (TPSA) is 128 Å². The Morgan fingerprint density at radius 2 is 1.79 bits per heavy atom. The van der Waals surface area contributed by atoms with Gasteiger partial charge in [0.1, 0.15) is 12.2 Å². The van der Waals surface area contributed by atoms with Crippen molar-refractivity contribution >= 4 is 35.3 Å². The standard InChI is InChI=1S/C29H25N3O7/c1-4-7-21-14-20(16-25(38-3)26(21)39-17-19-10-12-22(13-11-19)32(36)37)15-23-27(33)30-29(35)31(28(23)34)24-9-6-5-8-18(24)2/h4-6,8-16H,1,7,17H2,2-3H3,(H,30,33,35)/b23-15+. The number of amides is 4. The molecule has 10 heteroatoms. The summed E-state index contributed by atoms with van der Waals surface area (Å²) >= 11 is 0. The molecule has 0 spiro atoms. The molecule has 0 unspecified atom stereocenters. The number of anilines is 1. The Kier molecular flexibility index (Phi) is 7.85. The molecule has 1 N–H and O–H groups in total. The Balaban J connectivity index is 1.68. The van der Waals surface area contributed by atoms with Crippen LogP contribution in [0.1, 0.15) is 22.3 Å². The van der Waals surface area contributed by atoms with Gasteiger partial charge in [-0.05, 0) is 66.4 Å². The molecule has 1 aliphatic rings. The zero-order chi connectivity index (χ0) is 28.1. The van der Waals surface area contributed by atoms with Crippen LogP contribution >= 0.6 is 0 Å². The smallest absolute Gasteiger partial charge is 0.335 e. The van der Waals surface area contributed by atoms with Crippen LogP contribution in [-0.4, -0.2) is 29.9 Å². The number of methoxy groups -OCH3 is 1. The Hall–Kier alpha value is -5.25. The first-order valence-corrected chi connectivity index (χ1v) is 11.9. The normalized spacial score (nSPS) is 14.3. The van der Waals surface area contributed by atoms with Gasteiger partial charge >= 0.3 is 6.03 Å². The molecule has 0 atom stereocenters. The van der Waals surface area contributed by atoms with E-state index in [0.717, 1.165) is 4.90 Å². The molecule has 0 radical (unpaired) electrons. The van der Waals surface area contributed by atoms with E-state index in [4.69, 9.17) is 9.47 Å². The van der Waals surface area contributed by atoms with Gasteiger partial charge in [-0.3, -0.25) is 25.0 Å². The number of carbonyl (C=O) groups is 3. The number of nitro benzene ring substituents is 1. The number of ether oxygens (including phenoxy) is 2. The first kappa shape index (κ1) is 26.8. The summed E-state index contributed by atoms with van der Waals surface area (Å²) in [5, 5.41) is 13.1. The molecule has 1 aliphatic heterocycles. The number of nitrogens with one attached hydrogen (secondary N) is 1. The predicted octanol–water partition coefficient (Wildman–Crippen LogP) is 4.89. The zero-order valence-electron chi connectivity index (χ0n) is 21.3. The van der Waals surface area contributed by atoms with Crippen molar-refractivity contribution in [1.29, 1.82) is 0 Å². The Morgan fingerprint density at radius 1 is 1.08 bits per heavy atom. The van der Waals surface area contributed by atoms with Crippen molar-refractivity contribution in [1.82, 2.24) is 5.32 Å². The van der Waals surface area contributed by atoms with Crippen LogP contribution in [0.15, 0.2) is 78.9 Å². The SMILES string of the molecule is C=CCc1cc(/C=C2\C(=O)NC(=O)N(c3ccccc3C)C2=O)cc(OC)c1OCc1ccc([N+](=O)[O-])cc1. The van der Waals surface area contributed by atoms with Crippen LogP contribution < -0.4 is 19.7 Å². The minimum atomic E-state index is -0.823. The van der Waals surface area contributed by atoms with Gasteiger partial charge < -0.3 is 9.47 Å². The van der Waals surface area contributed by atoms with Gasteiger partial charge in [-0.1, -0.05) is 24.3 Å². The van der Waals surface area contributed by atoms with Crippen LogP contribution in [0.25, 0.3) is 6.08 Å². The van der Waals surface area contributed by atoms with E-state index in [1.165, 1.54) is 25.3 Å². The molecule has 4 rings (SSSR count). The van der Waals surface area contributed by atoms with Gasteiger partial charge in [-0.2, -0.15) is 0 Å². The minimum Gasteiger partial charge on any atom is -0.493 e. The number of hydrogen-bond acceptors (Lipinski definition) is 7. The molecule has 3 aromatic carbocycles. The fourth-order valence-electron chi connectivity index (χ4n) is 4.12. The summed E-state index contributed by atoms with van der Waals surface area (Å²) in [6, 6.07) is 15.4. The third-order valence-electron chi connectivity index (χ3n) is 6.04. The first-order valence-electron chi connectivity index (χ1n) is 11.9. The van der Waals surface area contributed by atoms with Crippen LogP contribution in [0.5, 0.6) is 11.5 Å². The van der Waals surface area contributed by atoms with Crippen LogP contribution in [0, 0.1) is 17.0 Å². The van der Waals surface area contributed by atoms with Crippen LogP contribution in [-0.2, 0) is 22.6 Å². The summed E-state index contributed by atoms with van der Waals surface area (Å²) in [6.07, 6.45) is 3.45. The highest BCUT2D eigenvalue weighted by Crippen LogP contribution is 2.35. The number of para-hydroxylation sites is 1. The highest BCUT2D eigenvalue weighted by atomic mass is 16.6. The highest BCUT2D eigenvalue weighted by molar-refractivity contribution is 6.39. The molecule has 10 nitrogen and oxygen atoms in total. The van der Waals surface area contributed by atoms with Crippen molar-refractivity contribution in [3.8, 4) is 11.5 Å². The first-order chi connectivity index (χ1) is 18.7. The van der Waals surface area contributed by atoms with Gasteiger partial charge in [0, 0.05) is 17.7 Å². The lowest BCUT2D eigenvalue weighted by Crippen LogP contribution is -2.54. The van der Waals surface area contributed by atoms with Gasteiger partial charge in [-0.25, -0.2) is 9.69 Å². The van der Waals surface area contributed by atoms with E-state index >= 15 is 0 Å². The quantitative estimate of drug-likeness (QED) is 0.138. The van der Waals surface area contributed by atoms with Crippen molar-refractivity contribution < 1.29 is 28.8 Å². The fraction of sp³-hybridized carbons (Fsp3) is 0.138. The van der Waals surface area contributed by atoms with Gasteiger partial charge in [0.05, 0.1) is 17.7 Å². The van der Waals surface area contributed by atoms with Crippen molar-refractivity contribution in [3.63, 3.8) is 0 Å². The van der Waals surface area contributed by atoms with E-state index in [1.807, 2.05) is 0 Å². The molecule has 0 aliphatic carbocycles. The van der Waals surface area contributed by atoms with Crippen molar-refractivity contribution in [2.75, 3.05) is 12.0 Å². The summed E-state index contributed by atoms with van der Waals surface area (Å²) in [5.41, 5.74) is 2.69. The second-order valence-corrected chi connectivity index (χ2v) is 8.66. The minimum absolute atomic E-state index is 0.0231. The molecule has 0 saturated carbocycles. The average Bonchev–Trinajstić information content (AvgIpc) is 2.91. The van der Waals surface area contributed by atoms with Crippen molar-refractivity contribution in [2.24, 2.45) is 0 Å². The number of benzene rings is 3. The maximum atomic E-state index is 13.3. The number of rotatable bonds is 9. The third kappa shape index (κ3) is 5.69. The van der Waals surface area contributed by atoms with Gasteiger partial charge in [-0.15, -0.1) is 6.58 Å². The Labute approximate surface area is 224 Å². The van der Waals surface area contributed by atoms with E-state index in [2.05, 4.69) is 11.9 Å². The molecule has 0 aromatic heterocycles. The summed E-state index contributed by atoms with van der Waals surface area (Å²) < 4.78 is 11.6. The number of nitrogens with zero attached hydrogens (tertiary/aromatic N) is 2. The van der Waals surface area contributed by atoms with E-state index < -0.39 is 22.8 Å². The lowest BCUT2D eigenvalue weighted by atomic mass is 10.0. The molecular formula is C29H25N3O7. The third-order valence-corrected chi connectivity index (χ3v) is 6.04. The number of hydrogen-bond donors (Lipinski definition) is 1. The largest absolute Gasteiger partial charge is 0.493 e. The van der Waals surface area contributed by atoms with E-state index in [9.17, 15) is 24.5 Å². The Bertz CT molecular complexity index is 1510.